The number of hydrogen-bond acceptors (Lipinski definition) is 2. The van der Waals surface area contributed by atoms with E-state index in [2.05, 4.69) is 22.8 Å². The Morgan fingerprint density at radius 1 is 1.00 bits per heavy atom. The minimum Gasteiger partial charge on any atom is -0.341 e. The standard InChI is InChI=1S/C23H28ClN3O2/c1-16(2)21(26-23(29)25-20-6-4-3-5-7-20)22(28)27-14-12-18(13-15-27)17-8-10-19(24)11-9-17/h3-11,16,18,21H,12-15H2,1-2H3,(H2,25,26,29)/t21-/m1/s1. The molecule has 0 aliphatic carbocycles. The van der Waals surface area contributed by atoms with Crippen LogP contribution in [0.4, 0.5) is 10.5 Å². The maximum atomic E-state index is 13.1. The van der Waals surface area contributed by atoms with Crippen LogP contribution in [0.15, 0.2) is 54.6 Å². The molecule has 3 amide bonds. The summed E-state index contributed by atoms with van der Waals surface area (Å²) in [5.41, 5.74) is 1.96. The average molecular weight is 414 g/mol. The van der Waals surface area contributed by atoms with Crippen molar-refractivity contribution in [3.63, 3.8) is 0 Å². The number of hydrogen-bond donors (Lipinski definition) is 2. The zero-order valence-corrected chi connectivity index (χ0v) is 17.7. The Kier molecular flexibility index (Phi) is 7.15. The predicted molar refractivity (Wildman–Crippen MR) is 117 cm³/mol. The molecule has 5 nitrogen and oxygen atoms in total. The molecular formula is C23H28ClN3O2. The van der Waals surface area contributed by atoms with Gasteiger partial charge in [0.25, 0.3) is 0 Å². The molecule has 1 fully saturated rings. The highest BCUT2D eigenvalue weighted by atomic mass is 35.5. The van der Waals surface area contributed by atoms with E-state index < -0.39 is 6.04 Å². The molecule has 154 valence electrons. The Morgan fingerprint density at radius 3 is 2.21 bits per heavy atom. The number of halogens is 1. The molecule has 2 aromatic carbocycles. The third kappa shape index (κ3) is 5.73. The van der Waals surface area contributed by atoms with E-state index in [1.807, 2.05) is 61.2 Å². The molecule has 2 aromatic rings. The van der Waals surface area contributed by atoms with Gasteiger partial charge in [-0.05, 0) is 54.5 Å². The van der Waals surface area contributed by atoms with Gasteiger partial charge in [-0.3, -0.25) is 4.79 Å². The second-order valence-corrected chi connectivity index (χ2v) is 8.27. The van der Waals surface area contributed by atoms with Gasteiger partial charge in [-0.15, -0.1) is 0 Å². The molecule has 1 atom stereocenters. The Balaban J connectivity index is 1.56. The van der Waals surface area contributed by atoms with Crippen molar-refractivity contribution in [3.05, 3.63) is 65.2 Å². The summed E-state index contributed by atoms with van der Waals surface area (Å²) >= 11 is 5.98. The van der Waals surface area contributed by atoms with Gasteiger partial charge in [0.15, 0.2) is 0 Å². The van der Waals surface area contributed by atoms with E-state index in [9.17, 15) is 9.59 Å². The van der Waals surface area contributed by atoms with Crippen LogP contribution in [0.3, 0.4) is 0 Å². The molecule has 0 spiro atoms. The Labute approximate surface area is 177 Å². The number of benzene rings is 2. The quantitative estimate of drug-likeness (QED) is 0.732. The fraction of sp³-hybridized carbons (Fsp3) is 0.391. The zero-order valence-electron chi connectivity index (χ0n) is 16.9. The maximum Gasteiger partial charge on any atom is 0.319 e. The monoisotopic (exact) mass is 413 g/mol. The van der Waals surface area contributed by atoms with Gasteiger partial charge in [0.2, 0.25) is 5.91 Å². The fourth-order valence-corrected chi connectivity index (χ4v) is 3.83. The number of carbonyl (C=O) groups is 2. The van der Waals surface area contributed by atoms with E-state index in [1.54, 1.807) is 0 Å². The van der Waals surface area contributed by atoms with E-state index in [0.29, 0.717) is 24.7 Å². The highest BCUT2D eigenvalue weighted by molar-refractivity contribution is 6.30. The highest BCUT2D eigenvalue weighted by Gasteiger charge is 2.31. The molecule has 0 radical (unpaired) electrons. The first-order valence-electron chi connectivity index (χ1n) is 10.1. The van der Waals surface area contributed by atoms with E-state index in [4.69, 9.17) is 11.6 Å². The smallest absolute Gasteiger partial charge is 0.319 e. The normalized spacial score (nSPS) is 15.8. The summed E-state index contributed by atoms with van der Waals surface area (Å²) in [5, 5.41) is 6.38. The largest absolute Gasteiger partial charge is 0.341 e. The van der Waals surface area contributed by atoms with Crippen LogP contribution in [0.1, 0.15) is 38.2 Å². The first-order chi connectivity index (χ1) is 13.9. The molecule has 0 bridgehead atoms. The van der Waals surface area contributed by atoms with Crippen LogP contribution in [0.2, 0.25) is 5.02 Å². The number of rotatable bonds is 5. The first kappa shape index (κ1) is 21.2. The van der Waals surface area contributed by atoms with Crippen molar-refractivity contribution in [1.29, 1.82) is 0 Å². The number of anilines is 1. The summed E-state index contributed by atoms with van der Waals surface area (Å²) < 4.78 is 0. The highest BCUT2D eigenvalue weighted by Crippen LogP contribution is 2.29. The summed E-state index contributed by atoms with van der Waals surface area (Å²) in [6.45, 7) is 5.28. The van der Waals surface area contributed by atoms with Gasteiger partial charge in [-0.2, -0.15) is 0 Å². The van der Waals surface area contributed by atoms with Crippen LogP contribution < -0.4 is 10.6 Å². The lowest BCUT2D eigenvalue weighted by atomic mass is 9.89. The van der Waals surface area contributed by atoms with Gasteiger partial charge in [-0.1, -0.05) is 55.8 Å². The molecule has 1 aliphatic rings. The molecule has 6 heteroatoms. The lowest BCUT2D eigenvalue weighted by molar-refractivity contribution is -0.135. The van der Waals surface area contributed by atoms with Crippen molar-refractivity contribution in [2.24, 2.45) is 5.92 Å². The van der Waals surface area contributed by atoms with Gasteiger partial charge in [-0.25, -0.2) is 4.79 Å². The molecular weight excluding hydrogens is 386 g/mol. The van der Waals surface area contributed by atoms with Crippen molar-refractivity contribution < 1.29 is 9.59 Å². The molecule has 0 aromatic heterocycles. The van der Waals surface area contributed by atoms with Crippen molar-refractivity contribution >= 4 is 29.2 Å². The Bertz CT molecular complexity index is 816. The second-order valence-electron chi connectivity index (χ2n) is 7.84. The maximum absolute atomic E-state index is 13.1. The summed E-state index contributed by atoms with van der Waals surface area (Å²) in [6.07, 6.45) is 1.82. The lowest BCUT2D eigenvalue weighted by Gasteiger charge is -2.35. The van der Waals surface area contributed by atoms with E-state index in [-0.39, 0.29) is 17.9 Å². The molecule has 0 unspecified atom stereocenters. The zero-order chi connectivity index (χ0) is 20.8. The molecule has 2 N–H and O–H groups in total. The van der Waals surface area contributed by atoms with Crippen molar-refractivity contribution in [3.8, 4) is 0 Å². The summed E-state index contributed by atoms with van der Waals surface area (Å²) in [5.74, 6) is 0.416. The van der Waals surface area contributed by atoms with Crippen molar-refractivity contribution in [2.75, 3.05) is 18.4 Å². The van der Waals surface area contributed by atoms with Crippen LogP contribution in [0.5, 0.6) is 0 Å². The predicted octanol–water partition coefficient (Wildman–Crippen LogP) is 4.89. The second kappa shape index (κ2) is 9.79. The van der Waals surface area contributed by atoms with Crippen LogP contribution in [-0.4, -0.2) is 36.0 Å². The molecule has 0 saturated carbocycles. The first-order valence-corrected chi connectivity index (χ1v) is 10.5. The number of piperidine rings is 1. The summed E-state index contributed by atoms with van der Waals surface area (Å²) in [4.78, 5) is 27.3. The lowest BCUT2D eigenvalue weighted by Crippen LogP contribution is -2.53. The molecule has 1 heterocycles. The Hall–Kier alpha value is -2.53. The number of nitrogens with one attached hydrogen (secondary N) is 2. The number of urea groups is 1. The molecule has 29 heavy (non-hydrogen) atoms. The van der Waals surface area contributed by atoms with Gasteiger partial charge in [0.1, 0.15) is 6.04 Å². The Morgan fingerprint density at radius 2 is 1.62 bits per heavy atom. The number of nitrogens with zero attached hydrogens (tertiary/aromatic N) is 1. The summed E-state index contributed by atoms with van der Waals surface area (Å²) in [7, 11) is 0. The average Bonchev–Trinajstić information content (AvgIpc) is 2.73. The number of carbonyl (C=O) groups excluding carboxylic acids is 2. The molecule has 1 aliphatic heterocycles. The topological polar surface area (TPSA) is 61.4 Å². The van der Waals surface area contributed by atoms with E-state index in [1.165, 1.54) is 5.56 Å². The van der Waals surface area contributed by atoms with Crippen LogP contribution in [0, 0.1) is 5.92 Å². The van der Waals surface area contributed by atoms with Crippen LogP contribution in [-0.2, 0) is 4.79 Å². The third-order valence-electron chi connectivity index (χ3n) is 5.40. The fourth-order valence-electron chi connectivity index (χ4n) is 3.71. The van der Waals surface area contributed by atoms with E-state index >= 15 is 0 Å². The van der Waals surface area contributed by atoms with Gasteiger partial charge in [0, 0.05) is 23.8 Å². The van der Waals surface area contributed by atoms with Gasteiger partial charge < -0.3 is 15.5 Å². The minimum absolute atomic E-state index is 0.00184. The van der Waals surface area contributed by atoms with Crippen molar-refractivity contribution in [2.45, 2.75) is 38.6 Å². The van der Waals surface area contributed by atoms with Gasteiger partial charge >= 0.3 is 6.03 Å². The number of amides is 3. The van der Waals surface area contributed by atoms with E-state index in [0.717, 1.165) is 17.9 Å². The van der Waals surface area contributed by atoms with Crippen molar-refractivity contribution in [1.82, 2.24) is 10.2 Å². The van der Waals surface area contributed by atoms with Crippen LogP contribution >= 0.6 is 11.6 Å². The number of para-hydroxylation sites is 1. The minimum atomic E-state index is -0.550. The van der Waals surface area contributed by atoms with Crippen LogP contribution in [0.25, 0.3) is 0 Å². The third-order valence-corrected chi connectivity index (χ3v) is 5.65. The number of likely N-dealkylation sites (tertiary alicyclic amines) is 1. The van der Waals surface area contributed by atoms with Gasteiger partial charge in [0.05, 0.1) is 0 Å². The molecule has 3 rings (SSSR count). The summed E-state index contributed by atoms with van der Waals surface area (Å²) in [6, 6.07) is 16.3. The SMILES string of the molecule is CC(C)[C@@H](NC(=O)Nc1ccccc1)C(=O)N1CCC(c2ccc(Cl)cc2)CC1. The molecule has 1 saturated heterocycles.